The molecule has 0 aliphatic heterocycles. The molecule has 1 amide bonds. The molecule has 1 aromatic rings. The Morgan fingerprint density at radius 3 is 2.35 bits per heavy atom. The van der Waals surface area contributed by atoms with E-state index in [9.17, 15) is 9.90 Å². The molecular weight excluding hydrogens is 294 g/mol. The fourth-order valence-corrected chi connectivity index (χ4v) is 2.29. The third-order valence-corrected chi connectivity index (χ3v) is 4.08. The van der Waals surface area contributed by atoms with Crippen LogP contribution in [0.1, 0.15) is 32.8 Å². The Morgan fingerprint density at radius 2 is 1.83 bits per heavy atom. The van der Waals surface area contributed by atoms with Gasteiger partial charge in [0, 0.05) is 13.5 Å². The summed E-state index contributed by atoms with van der Waals surface area (Å²) in [6.45, 7) is 6.31. The molecule has 0 saturated heterocycles. The fraction of sp³-hybridized carbons (Fsp3) is 0.611. The van der Waals surface area contributed by atoms with E-state index in [0.717, 1.165) is 10.6 Å². The predicted molar refractivity (Wildman–Crippen MR) is 89.4 cm³/mol. The van der Waals surface area contributed by atoms with Crippen molar-refractivity contribution in [3.63, 3.8) is 0 Å². The van der Waals surface area contributed by atoms with Crippen molar-refractivity contribution in [2.24, 2.45) is 11.8 Å². The highest BCUT2D eigenvalue weighted by atomic mass is 16.7. The van der Waals surface area contributed by atoms with Gasteiger partial charge in [0.1, 0.15) is 0 Å². The second-order valence-corrected chi connectivity index (χ2v) is 6.19. The summed E-state index contributed by atoms with van der Waals surface area (Å²) < 4.78 is 5.96. The van der Waals surface area contributed by atoms with Crippen LogP contribution < -0.4 is 0 Å². The second kappa shape index (κ2) is 9.65. The van der Waals surface area contributed by atoms with Gasteiger partial charge < -0.3 is 9.84 Å². The van der Waals surface area contributed by atoms with E-state index in [1.807, 2.05) is 30.3 Å². The smallest absolute Gasteiger partial charge is 0.251 e. The Hall–Kier alpha value is -1.43. The first kappa shape index (κ1) is 19.6. The summed E-state index contributed by atoms with van der Waals surface area (Å²) >= 11 is 0. The van der Waals surface area contributed by atoms with Crippen molar-refractivity contribution >= 4 is 5.91 Å². The zero-order valence-corrected chi connectivity index (χ0v) is 14.7. The van der Waals surface area contributed by atoms with Crippen molar-refractivity contribution in [3.8, 4) is 0 Å². The van der Waals surface area contributed by atoms with Crippen molar-refractivity contribution < 1.29 is 19.5 Å². The molecular formula is C18H29NO4. The summed E-state index contributed by atoms with van der Waals surface area (Å²) in [6, 6.07) is 9.92. The van der Waals surface area contributed by atoms with E-state index in [2.05, 4.69) is 13.8 Å². The molecule has 130 valence electrons. The normalized spacial score (nSPS) is 15.3. The van der Waals surface area contributed by atoms with Crippen LogP contribution in [0.2, 0.25) is 0 Å². The summed E-state index contributed by atoms with van der Waals surface area (Å²) in [7, 11) is 2.97. The SMILES string of the molecule is CON(C)C(=O)[C@@H](C)[C@H](O)C[C@H](OCc1ccccc1)C(C)C. The van der Waals surface area contributed by atoms with E-state index in [1.165, 1.54) is 14.2 Å². The van der Waals surface area contributed by atoms with Crippen LogP contribution in [0, 0.1) is 11.8 Å². The van der Waals surface area contributed by atoms with Gasteiger partial charge in [-0.15, -0.1) is 0 Å². The standard InChI is InChI=1S/C18H29NO4/c1-13(2)17(23-12-15-9-7-6-8-10-15)11-16(20)14(3)18(21)19(4)22-5/h6-10,13-14,16-17,20H,11-12H2,1-5H3/t14-,16+,17-/m0/s1. The summed E-state index contributed by atoms with van der Waals surface area (Å²) in [6.07, 6.45) is -0.480. The van der Waals surface area contributed by atoms with E-state index in [4.69, 9.17) is 9.57 Å². The van der Waals surface area contributed by atoms with Gasteiger partial charge in [0.2, 0.25) is 0 Å². The Kier molecular flexibility index (Phi) is 8.23. The molecule has 0 saturated carbocycles. The maximum atomic E-state index is 12.0. The van der Waals surface area contributed by atoms with Gasteiger partial charge in [-0.1, -0.05) is 51.1 Å². The predicted octanol–water partition coefficient (Wildman–Crippen LogP) is 2.63. The highest BCUT2D eigenvalue weighted by molar-refractivity contribution is 5.77. The lowest BCUT2D eigenvalue weighted by atomic mass is 9.93. The van der Waals surface area contributed by atoms with Gasteiger partial charge in [0.15, 0.2) is 0 Å². The number of hydrogen-bond donors (Lipinski definition) is 1. The van der Waals surface area contributed by atoms with Gasteiger partial charge in [0.05, 0.1) is 31.8 Å². The number of carbonyl (C=O) groups is 1. The van der Waals surface area contributed by atoms with Gasteiger partial charge in [-0.05, 0) is 11.5 Å². The van der Waals surface area contributed by atoms with Crippen LogP contribution in [-0.4, -0.2) is 42.4 Å². The Morgan fingerprint density at radius 1 is 1.22 bits per heavy atom. The van der Waals surface area contributed by atoms with Crippen LogP contribution in [0.5, 0.6) is 0 Å². The van der Waals surface area contributed by atoms with Crippen LogP contribution in [0.4, 0.5) is 0 Å². The van der Waals surface area contributed by atoms with E-state index < -0.39 is 12.0 Å². The minimum Gasteiger partial charge on any atom is -0.392 e. The molecule has 3 atom stereocenters. The van der Waals surface area contributed by atoms with Crippen LogP contribution in [0.3, 0.4) is 0 Å². The number of nitrogens with zero attached hydrogens (tertiary/aromatic N) is 1. The number of carbonyl (C=O) groups excluding carboxylic acids is 1. The fourth-order valence-electron chi connectivity index (χ4n) is 2.29. The van der Waals surface area contributed by atoms with Gasteiger partial charge in [-0.25, -0.2) is 5.06 Å². The lowest BCUT2D eigenvalue weighted by Gasteiger charge is -2.28. The van der Waals surface area contributed by atoms with Crippen LogP contribution in [0.15, 0.2) is 30.3 Å². The number of ether oxygens (including phenoxy) is 1. The molecule has 0 aromatic heterocycles. The van der Waals surface area contributed by atoms with Crippen LogP contribution in [-0.2, 0) is 21.0 Å². The zero-order chi connectivity index (χ0) is 17.4. The molecule has 0 aliphatic carbocycles. The van der Waals surface area contributed by atoms with Crippen molar-refractivity contribution in [2.75, 3.05) is 14.2 Å². The molecule has 0 fully saturated rings. The average Bonchev–Trinajstić information content (AvgIpc) is 2.56. The number of hydrogen-bond acceptors (Lipinski definition) is 4. The van der Waals surface area contributed by atoms with E-state index >= 15 is 0 Å². The second-order valence-electron chi connectivity index (χ2n) is 6.19. The number of hydroxylamine groups is 2. The maximum absolute atomic E-state index is 12.0. The van der Waals surface area contributed by atoms with Crippen LogP contribution >= 0.6 is 0 Å². The molecule has 5 nitrogen and oxygen atoms in total. The summed E-state index contributed by atoms with van der Waals surface area (Å²) in [5, 5.41) is 11.5. The third-order valence-electron chi connectivity index (χ3n) is 4.08. The summed E-state index contributed by atoms with van der Waals surface area (Å²) in [4.78, 5) is 16.9. The lowest BCUT2D eigenvalue weighted by molar-refractivity contribution is -0.177. The van der Waals surface area contributed by atoms with Gasteiger partial charge >= 0.3 is 0 Å². The molecule has 23 heavy (non-hydrogen) atoms. The molecule has 5 heteroatoms. The molecule has 0 bridgehead atoms. The lowest BCUT2D eigenvalue weighted by Crippen LogP contribution is -2.39. The number of aliphatic hydroxyl groups is 1. The Balaban J connectivity index is 2.59. The molecule has 0 spiro atoms. The molecule has 0 unspecified atom stereocenters. The minimum atomic E-state index is -0.775. The molecule has 0 heterocycles. The van der Waals surface area contributed by atoms with Gasteiger partial charge in [-0.3, -0.25) is 9.63 Å². The largest absolute Gasteiger partial charge is 0.392 e. The number of amides is 1. The number of aliphatic hydroxyl groups excluding tert-OH is 1. The van der Waals surface area contributed by atoms with Crippen molar-refractivity contribution in [2.45, 2.75) is 46.0 Å². The summed E-state index contributed by atoms with van der Waals surface area (Å²) in [5.74, 6) is -0.539. The molecule has 1 rings (SSSR count). The zero-order valence-electron chi connectivity index (χ0n) is 14.7. The average molecular weight is 323 g/mol. The van der Waals surface area contributed by atoms with E-state index in [1.54, 1.807) is 6.92 Å². The van der Waals surface area contributed by atoms with E-state index in [-0.39, 0.29) is 17.9 Å². The van der Waals surface area contributed by atoms with Gasteiger partial charge in [0.25, 0.3) is 5.91 Å². The van der Waals surface area contributed by atoms with E-state index in [0.29, 0.717) is 13.0 Å². The highest BCUT2D eigenvalue weighted by Crippen LogP contribution is 2.20. The molecule has 0 radical (unpaired) electrons. The first-order chi connectivity index (χ1) is 10.9. The Bertz CT molecular complexity index is 463. The first-order valence-corrected chi connectivity index (χ1v) is 8.02. The number of rotatable bonds is 9. The first-order valence-electron chi connectivity index (χ1n) is 8.02. The minimum absolute atomic E-state index is 0.117. The monoisotopic (exact) mass is 323 g/mol. The highest BCUT2D eigenvalue weighted by Gasteiger charge is 2.29. The van der Waals surface area contributed by atoms with Crippen molar-refractivity contribution in [1.82, 2.24) is 5.06 Å². The number of benzene rings is 1. The van der Waals surface area contributed by atoms with Crippen LogP contribution in [0.25, 0.3) is 0 Å². The molecule has 0 aliphatic rings. The van der Waals surface area contributed by atoms with Gasteiger partial charge in [-0.2, -0.15) is 0 Å². The summed E-state index contributed by atoms with van der Waals surface area (Å²) in [5.41, 5.74) is 1.09. The maximum Gasteiger partial charge on any atom is 0.251 e. The molecule has 1 N–H and O–H groups in total. The topological polar surface area (TPSA) is 59.0 Å². The quantitative estimate of drug-likeness (QED) is 0.710. The van der Waals surface area contributed by atoms with Crippen molar-refractivity contribution in [3.05, 3.63) is 35.9 Å². The molecule has 1 aromatic carbocycles. The van der Waals surface area contributed by atoms with Crippen molar-refractivity contribution in [1.29, 1.82) is 0 Å². The third kappa shape index (κ3) is 6.29. The Labute approximate surface area is 139 Å².